The monoisotopic (exact) mass is 342 g/mol. The molecule has 100 valence electrons. The minimum atomic E-state index is -3.45. The fourth-order valence-corrected chi connectivity index (χ4v) is 3.58. The largest absolute Gasteiger partial charge is 0.223 e. The molecule has 0 spiro atoms. The van der Waals surface area contributed by atoms with Crippen molar-refractivity contribution in [2.24, 2.45) is 0 Å². The zero-order valence-corrected chi connectivity index (χ0v) is 12.6. The van der Waals surface area contributed by atoms with E-state index in [-0.39, 0.29) is 10.6 Å². The summed E-state index contributed by atoms with van der Waals surface area (Å²) in [7, 11) is -3.45. The van der Waals surface area contributed by atoms with Crippen LogP contribution in [0.25, 0.3) is 0 Å². The van der Waals surface area contributed by atoms with Gasteiger partial charge in [-0.3, -0.25) is 0 Å². The van der Waals surface area contributed by atoms with Crippen molar-refractivity contribution >= 4 is 25.8 Å². The first-order chi connectivity index (χ1) is 8.87. The number of rotatable bonds is 3. The van der Waals surface area contributed by atoms with Gasteiger partial charge in [0.2, 0.25) is 0 Å². The molecule has 0 heterocycles. The molecule has 0 aliphatic rings. The molecule has 0 atom stereocenters. The van der Waals surface area contributed by atoms with Gasteiger partial charge in [0.05, 0.1) is 10.6 Å². The smallest absolute Gasteiger partial charge is 0.182 e. The lowest BCUT2D eigenvalue weighted by Crippen LogP contribution is -2.05. The first kappa shape index (κ1) is 14.2. The van der Waals surface area contributed by atoms with Gasteiger partial charge in [0, 0.05) is 4.47 Å². The van der Waals surface area contributed by atoms with Crippen LogP contribution in [0.4, 0.5) is 4.39 Å². The summed E-state index contributed by atoms with van der Waals surface area (Å²) in [6.07, 6.45) is 0. The minimum Gasteiger partial charge on any atom is -0.223 e. The number of hydrogen-bond acceptors (Lipinski definition) is 2. The van der Waals surface area contributed by atoms with E-state index in [4.69, 9.17) is 0 Å². The Morgan fingerprint density at radius 2 is 1.74 bits per heavy atom. The zero-order valence-electron chi connectivity index (χ0n) is 10.2. The van der Waals surface area contributed by atoms with E-state index in [0.717, 1.165) is 5.56 Å². The summed E-state index contributed by atoms with van der Waals surface area (Å²) in [6.45, 7) is 1.89. The fraction of sp³-hybridized carbons (Fsp3) is 0.143. The molecular formula is C14H12BrFO2S. The van der Waals surface area contributed by atoms with E-state index in [1.165, 1.54) is 12.1 Å². The molecule has 0 unspecified atom stereocenters. The topological polar surface area (TPSA) is 34.1 Å². The molecule has 0 saturated heterocycles. The second-order valence-corrected chi connectivity index (χ2v) is 7.26. The molecule has 2 nitrogen and oxygen atoms in total. The van der Waals surface area contributed by atoms with Gasteiger partial charge < -0.3 is 0 Å². The molecule has 0 aliphatic carbocycles. The van der Waals surface area contributed by atoms with E-state index < -0.39 is 15.7 Å². The third-order valence-electron chi connectivity index (χ3n) is 2.66. The van der Waals surface area contributed by atoms with Crippen LogP contribution in [0, 0.1) is 12.7 Å². The normalized spacial score (nSPS) is 11.5. The summed E-state index contributed by atoms with van der Waals surface area (Å²) >= 11 is 3.15. The molecule has 19 heavy (non-hydrogen) atoms. The molecule has 0 amide bonds. The van der Waals surface area contributed by atoms with E-state index in [1.807, 2.05) is 6.92 Å². The van der Waals surface area contributed by atoms with Gasteiger partial charge in [-0.2, -0.15) is 0 Å². The molecule has 0 aliphatic heterocycles. The standard InChI is InChI=1S/C14H12BrFO2S/c1-10-2-4-14(5-3-10)19(17,18)9-11-6-12(15)8-13(16)7-11/h2-8H,9H2,1H3. The van der Waals surface area contributed by atoms with E-state index in [0.29, 0.717) is 10.0 Å². The van der Waals surface area contributed by atoms with Gasteiger partial charge >= 0.3 is 0 Å². The first-order valence-corrected chi connectivity index (χ1v) is 8.06. The van der Waals surface area contributed by atoms with Crippen molar-refractivity contribution in [2.75, 3.05) is 0 Å². The summed E-state index contributed by atoms with van der Waals surface area (Å²) in [5.74, 6) is -0.671. The van der Waals surface area contributed by atoms with Crippen molar-refractivity contribution in [3.05, 3.63) is 63.9 Å². The van der Waals surface area contributed by atoms with Gasteiger partial charge in [-0.15, -0.1) is 0 Å². The van der Waals surface area contributed by atoms with E-state index in [2.05, 4.69) is 15.9 Å². The highest BCUT2D eigenvalue weighted by molar-refractivity contribution is 9.10. The number of halogens is 2. The van der Waals surface area contributed by atoms with Crippen molar-refractivity contribution in [2.45, 2.75) is 17.6 Å². The number of aryl methyl sites for hydroxylation is 1. The van der Waals surface area contributed by atoms with Crippen LogP contribution in [-0.4, -0.2) is 8.42 Å². The van der Waals surface area contributed by atoms with E-state index in [9.17, 15) is 12.8 Å². The summed E-state index contributed by atoms with van der Waals surface area (Å²) < 4.78 is 38.2. The summed E-state index contributed by atoms with van der Waals surface area (Å²) in [4.78, 5) is 0.249. The summed E-state index contributed by atoms with van der Waals surface area (Å²) in [5.41, 5.74) is 1.42. The lowest BCUT2D eigenvalue weighted by Gasteiger charge is -2.06. The maximum atomic E-state index is 13.2. The second kappa shape index (κ2) is 5.43. The molecule has 0 saturated carbocycles. The third-order valence-corrected chi connectivity index (χ3v) is 4.82. The number of sulfone groups is 1. The van der Waals surface area contributed by atoms with E-state index >= 15 is 0 Å². The third kappa shape index (κ3) is 3.64. The Morgan fingerprint density at radius 3 is 2.32 bits per heavy atom. The van der Waals surface area contributed by atoms with Crippen molar-refractivity contribution in [1.29, 1.82) is 0 Å². The Kier molecular flexibility index (Phi) is 4.06. The molecule has 5 heteroatoms. The highest BCUT2D eigenvalue weighted by Crippen LogP contribution is 2.20. The molecule has 0 radical (unpaired) electrons. The van der Waals surface area contributed by atoms with Crippen LogP contribution in [0.2, 0.25) is 0 Å². The predicted octanol–water partition coefficient (Wildman–Crippen LogP) is 3.87. The van der Waals surface area contributed by atoms with Crippen molar-refractivity contribution in [3.8, 4) is 0 Å². The minimum absolute atomic E-state index is 0.216. The molecule has 0 bridgehead atoms. The average Bonchev–Trinajstić information content (AvgIpc) is 2.27. The molecule has 0 N–H and O–H groups in total. The van der Waals surface area contributed by atoms with Gasteiger partial charge in [0.1, 0.15) is 5.82 Å². The van der Waals surface area contributed by atoms with Gasteiger partial charge in [-0.1, -0.05) is 33.6 Å². The maximum Gasteiger partial charge on any atom is 0.182 e. The Morgan fingerprint density at radius 1 is 1.11 bits per heavy atom. The Bertz CT molecular complexity index is 674. The molecule has 0 fully saturated rings. The molecular weight excluding hydrogens is 331 g/mol. The molecule has 2 rings (SSSR count). The zero-order chi connectivity index (χ0) is 14.0. The fourth-order valence-electron chi connectivity index (χ4n) is 1.74. The van der Waals surface area contributed by atoms with Crippen LogP contribution in [-0.2, 0) is 15.6 Å². The van der Waals surface area contributed by atoms with Crippen LogP contribution in [0.1, 0.15) is 11.1 Å². The highest BCUT2D eigenvalue weighted by Gasteiger charge is 2.15. The van der Waals surface area contributed by atoms with Gasteiger partial charge in [0.25, 0.3) is 0 Å². The van der Waals surface area contributed by atoms with Gasteiger partial charge in [-0.05, 0) is 42.8 Å². The van der Waals surface area contributed by atoms with Crippen molar-refractivity contribution in [3.63, 3.8) is 0 Å². The summed E-state index contributed by atoms with van der Waals surface area (Å²) in [6, 6.07) is 10.8. The van der Waals surface area contributed by atoms with Crippen molar-refractivity contribution in [1.82, 2.24) is 0 Å². The first-order valence-electron chi connectivity index (χ1n) is 5.61. The van der Waals surface area contributed by atoms with Crippen LogP contribution < -0.4 is 0 Å². The Hall–Kier alpha value is -1.20. The molecule has 0 aromatic heterocycles. The SMILES string of the molecule is Cc1ccc(S(=O)(=O)Cc2cc(F)cc(Br)c2)cc1. The van der Waals surface area contributed by atoms with Crippen molar-refractivity contribution < 1.29 is 12.8 Å². The quantitative estimate of drug-likeness (QED) is 0.848. The second-order valence-electron chi connectivity index (χ2n) is 4.35. The van der Waals surface area contributed by atoms with Crippen LogP contribution >= 0.6 is 15.9 Å². The lowest BCUT2D eigenvalue weighted by molar-refractivity contribution is 0.594. The average molecular weight is 343 g/mol. The van der Waals surface area contributed by atoms with E-state index in [1.54, 1.807) is 30.3 Å². The van der Waals surface area contributed by atoms with Crippen LogP contribution in [0.15, 0.2) is 51.8 Å². The number of hydrogen-bond donors (Lipinski definition) is 0. The lowest BCUT2D eigenvalue weighted by atomic mass is 10.2. The van der Waals surface area contributed by atoms with Crippen LogP contribution in [0.5, 0.6) is 0 Å². The maximum absolute atomic E-state index is 13.2. The molecule has 2 aromatic rings. The Labute approximate surface area is 120 Å². The Balaban J connectivity index is 2.33. The highest BCUT2D eigenvalue weighted by atomic mass is 79.9. The summed E-state index contributed by atoms with van der Waals surface area (Å²) in [5, 5.41) is 0. The predicted molar refractivity (Wildman–Crippen MR) is 76.2 cm³/mol. The van der Waals surface area contributed by atoms with Gasteiger partial charge in [0.15, 0.2) is 9.84 Å². The number of benzene rings is 2. The van der Waals surface area contributed by atoms with Gasteiger partial charge in [-0.25, -0.2) is 12.8 Å². The van der Waals surface area contributed by atoms with Crippen LogP contribution in [0.3, 0.4) is 0 Å². The molecule has 2 aromatic carbocycles.